The smallest absolute Gasteiger partial charge is 0.389 e. The topological polar surface area (TPSA) is 67.5 Å². The average Bonchev–Trinajstić information content (AvgIpc) is 2.60. The molecule has 3 atom stereocenters. The van der Waals surface area contributed by atoms with Gasteiger partial charge in [-0.1, -0.05) is 0 Å². The first-order valence-electron chi connectivity index (χ1n) is 9.54. The number of alkyl halides is 6. The summed E-state index contributed by atoms with van der Waals surface area (Å²) >= 11 is 0. The predicted octanol–water partition coefficient (Wildman–Crippen LogP) is 4.41. The van der Waals surface area contributed by atoms with Gasteiger partial charge in [-0.15, -0.1) is 0 Å². The second-order valence-corrected chi connectivity index (χ2v) is 8.92. The first-order valence-corrected chi connectivity index (χ1v) is 9.54. The van der Waals surface area contributed by atoms with Crippen molar-refractivity contribution in [1.29, 1.82) is 0 Å². The Morgan fingerprint density at radius 1 is 1.07 bits per heavy atom. The van der Waals surface area contributed by atoms with E-state index in [9.17, 15) is 31.4 Å². The summed E-state index contributed by atoms with van der Waals surface area (Å²) < 4.78 is 84.0. The van der Waals surface area contributed by atoms with Crippen LogP contribution in [0.2, 0.25) is 0 Å². The van der Waals surface area contributed by atoms with Crippen molar-refractivity contribution in [2.24, 2.45) is 5.73 Å². The third-order valence-electron chi connectivity index (χ3n) is 5.90. The van der Waals surface area contributed by atoms with Gasteiger partial charge in [-0.2, -0.15) is 26.3 Å². The summed E-state index contributed by atoms with van der Waals surface area (Å²) in [5.74, 6) is 0. The Morgan fingerprint density at radius 2 is 1.57 bits per heavy atom. The molecule has 4 N–H and O–H groups in total. The molecule has 4 nitrogen and oxygen atoms in total. The van der Waals surface area contributed by atoms with Crippen LogP contribution >= 0.6 is 0 Å². The number of hydrogen-bond acceptors (Lipinski definition) is 4. The maximum absolute atomic E-state index is 13.1. The lowest BCUT2D eigenvalue weighted by Gasteiger charge is -2.49. The van der Waals surface area contributed by atoms with Crippen LogP contribution in [0.4, 0.5) is 26.3 Å². The fourth-order valence-corrected chi connectivity index (χ4v) is 3.31. The molecular formula is C20H28F6N2O2. The normalized spacial score (nSPS) is 27.2. The third-order valence-corrected chi connectivity index (χ3v) is 5.90. The number of rotatable bonds is 5. The van der Waals surface area contributed by atoms with Gasteiger partial charge in [0.05, 0.1) is 35.0 Å². The molecule has 0 bridgehead atoms. The predicted molar refractivity (Wildman–Crippen MR) is 99.7 cm³/mol. The van der Waals surface area contributed by atoms with Crippen LogP contribution in [0.3, 0.4) is 0 Å². The molecule has 30 heavy (non-hydrogen) atoms. The number of aliphatic hydroxyl groups is 1. The summed E-state index contributed by atoms with van der Waals surface area (Å²) in [6.07, 6.45) is -9.83. The van der Waals surface area contributed by atoms with Gasteiger partial charge in [0.25, 0.3) is 0 Å². The van der Waals surface area contributed by atoms with Crippen LogP contribution in [0.1, 0.15) is 63.3 Å². The summed E-state index contributed by atoms with van der Waals surface area (Å²) in [5, 5.41) is 13.4. The van der Waals surface area contributed by atoms with E-state index in [1.54, 1.807) is 13.8 Å². The molecule has 1 aromatic carbocycles. The van der Waals surface area contributed by atoms with Crippen molar-refractivity contribution >= 4 is 0 Å². The Hall–Kier alpha value is -1.36. The number of halogens is 6. The quantitative estimate of drug-likeness (QED) is 0.591. The Bertz CT molecular complexity index is 715. The molecule has 0 amide bonds. The number of nitrogens with one attached hydrogen (secondary N) is 1. The molecule has 1 saturated heterocycles. The summed E-state index contributed by atoms with van der Waals surface area (Å²) in [4.78, 5) is 0. The molecule has 1 aromatic rings. The SMILES string of the molecule is C[C@@H](OC[C@@]1(C)CC[C@](N)(C(C)(C)O)CN1)c1cc(C(F)(F)F)cc(C(F)(F)F)c1. The van der Waals surface area contributed by atoms with Gasteiger partial charge in [-0.25, -0.2) is 0 Å². The molecule has 172 valence electrons. The van der Waals surface area contributed by atoms with Crippen LogP contribution < -0.4 is 11.1 Å². The second kappa shape index (κ2) is 7.96. The average molecular weight is 442 g/mol. The molecule has 0 unspecified atom stereocenters. The Morgan fingerprint density at radius 3 is 1.93 bits per heavy atom. The lowest BCUT2D eigenvalue weighted by atomic mass is 9.73. The van der Waals surface area contributed by atoms with E-state index in [0.29, 0.717) is 25.0 Å². The molecular weight excluding hydrogens is 414 g/mol. The zero-order valence-corrected chi connectivity index (χ0v) is 17.3. The molecule has 0 aromatic heterocycles. The fourth-order valence-electron chi connectivity index (χ4n) is 3.31. The van der Waals surface area contributed by atoms with E-state index < -0.39 is 46.3 Å². The lowest BCUT2D eigenvalue weighted by molar-refractivity contribution is -0.143. The maximum Gasteiger partial charge on any atom is 0.416 e. The Balaban J connectivity index is 2.14. The molecule has 2 rings (SSSR count). The molecule has 1 fully saturated rings. The monoisotopic (exact) mass is 442 g/mol. The highest BCUT2D eigenvalue weighted by atomic mass is 19.4. The summed E-state index contributed by atoms with van der Waals surface area (Å²) in [6, 6.07) is 1.45. The number of hydrogen-bond donors (Lipinski definition) is 3. The molecule has 1 aliphatic rings. The first-order chi connectivity index (χ1) is 13.4. The van der Waals surface area contributed by atoms with Gasteiger partial charge in [0.15, 0.2) is 0 Å². The minimum atomic E-state index is -4.91. The van der Waals surface area contributed by atoms with Crippen molar-refractivity contribution < 1.29 is 36.2 Å². The number of benzene rings is 1. The minimum absolute atomic E-state index is 0.0493. The van der Waals surface area contributed by atoms with Crippen LogP contribution in [-0.4, -0.2) is 34.9 Å². The van der Waals surface area contributed by atoms with E-state index in [-0.39, 0.29) is 24.8 Å². The number of piperidine rings is 1. The highest BCUT2D eigenvalue weighted by molar-refractivity contribution is 5.34. The zero-order valence-electron chi connectivity index (χ0n) is 17.3. The van der Waals surface area contributed by atoms with Crippen LogP contribution in [0.5, 0.6) is 0 Å². The maximum atomic E-state index is 13.1. The number of ether oxygens (including phenoxy) is 1. The second-order valence-electron chi connectivity index (χ2n) is 8.92. The fraction of sp³-hybridized carbons (Fsp3) is 0.700. The van der Waals surface area contributed by atoms with Crippen LogP contribution in [0.25, 0.3) is 0 Å². The highest BCUT2D eigenvalue weighted by Crippen LogP contribution is 2.38. The van der Waals surface area contributed by atoms with Crippen molar-refractivity contribution in [1.82, 2.24) is 5.32 Å². The van der Waals surface area contributed by atoms with Gasteiger partial charge in [0.1, 0.15) is 0 Å². The van der Waals surface area contributed by atoms with Crippen LogP contribution in [0.15, 0.2) is 18.2 Å². The molecule has 0 spiro atoms. The standard InChI is InChI=1S/C20H28F6N2O2/c1-12(13-7-14(19(21,22)23)9-15(8-13)20(24,25)26)30-11-17(4)5-6-18(27,10-28-17)16(2,3)29/h7-9,12,28-29H,5-6,10-11,27H2,1-4H3/t12-,17-,18-/m1/s1. The number of nitrogens with two attached hydrogens (primary N) is 1. The zero-order chi connectivity index (χ0) is 23.2. The van der Waals surface area contributed by atoms with Gasteiger partial charge in [0, 0.05) is 12.1 Å². The van der Waals surface area contributed by atoms with Crippen molar-refractivity contribution in [2.45, 2.75) is 75.7 Å². The summed E-state index contributed by atoms with van der Waals surface area (Å²) in [7, 11) is 0. The van der Waals surface area contributed by atoms with E-state index in [0.717, 1.165) is 0 Å². The molecule has 0 aliphatic carbocycles. The van der Waals surface area contributed by atoms with Gasteiger partial charge in [0.2, 0.25) is 0 Å². The van der Waals surface area contributed by atoms with E-state index in [2.05, 4.69) is 5.32 Å². The highest BCUT2D eigenvalue weighted by Gasteiger charge is 2.46. The van der Waals surface area contributed by atoms with Gasteiger partial charge in [-0.3, -0.25) is 0 Å². The van der Waals surface area contributed by atoms with Crippen molar-refractivity contribution in [3.8, 4) is 0 Å². The summed E-state index contributed by atoms with van der Waals surface area (Å²) in [5.41, 5.74) is 0.730. The lowest BCUT2D eigenvalue weighted by Crippen LogP contribution is -2.69. The third kappa shape index (κ3) is 5.66. The molecule has 0 radical (unpaired) electrons. The first kappa shape index (κ1) is 24.9. The van der Waals surface area contributed by atoms with Crippen molar-refractivity contribution in [2.75, 3.05) is 13.2 Å². The molecule has 10 heteroatoms. The van der Waals surface area contributed by atoms with Gasteiger partial charge in [-0.05, 0) is 64.3 Å². The van der Waals surface area contributed by atoms with E-state index >= 15 is 0 Å². The molecule has 1 aliphatic heterocycles. The summed E-state index contributed by atoms with van der Waals surface area (Å²) in [6.45, 7) is 6.80. The Kier molecular flexibility index (Phi) is 6.61. The van der Waals surface area contributed by atoms with E-state index in [4.69, 9.17) is 10.5 Å². The van der Waals surface area contributed by atoms with E-state index in [1.165, 1.54) is 6.92 Å². The van der Waals surface area contributed by atoms with Crippen molar-refractivity contribution in [3.05, 3.63) is 34.9 Å². The Labute approximate surface area is 171 Å². The van der Waals surface area contributed by atoms with Crippen LogP contribution in [-0.2, 0) is 17.1 Å². The van der Waals surface area contributed by atoms with E-state index in [1.807, 2.05) is 6.92 Å². The minimum Gasteiger partial charge on any atom is -0.389 e. The van der Waals surface area contributed by atoms with Gasteiger partial charge >= 0.3 is 12.4 Å². The molecule has 0 saturated carbocycles. The van der Waals surface area contributed by atoms with Crippen molar-refractivity contribution in [3.63, 3.8) is 0 Å². The molecule has 1 heterocycles. The van der Waals surface area contributed by atoms with Crippen LogP contribution in [0, 0.1) is 0 Å². The largest absolute Gasteiger partial charge is 0.416 e. The van der Waals surface area contributed by atoms with Gasteiger partial charge < -0.3 is 20.9 Å².